The maximum Gasteiger partial charge on any atom is 0.253 e. The first-order chi connectivity index (χ1) is 18.2. The molecule has 2 N–H and O–H groups in total. The number of hydrogen-bond acceptors (Lipinski definition) is 5. The molecular formula is C29H25BrN4O4. The molecule has 192 valence electrons. The highest BCUT2D eigenvalue weighted by Gasteiger charge is 2.71. The predicted octanol–water partition coefficient (Wildman–Crippen LogP) is 3.74. The van der Waals surface area contributed by atoms with Crippen LogP contribution < -0.4 is 20.4 Å². The molecule has 6 rings (SSSR count). The zero-order valence-corrected chi connectivity index (χ0v) is 22.4. The summed E-state index contributed by atoms with van der Waals surface area (Å²) in [6.07, 6.45) is 0. The second kappa shape index (κ2) is 8.89. The Morgan fingerprint density at radius 2 is 1.66 bits per heavy atom. The average Bonchev–Trinajstić information content (AvgIpc) is 3.44. The fraction of sp³-hybridized carbons (Fsp3) is 0.241. The molecule has 0 unspecified atom stereocenters. The zero-order chi connectivity index (χ0) is 26.8. The third-order valence-electron chi connectivity index (χ3n) is 7.74. The van der Waals surface area contributed by atoms with Crippen LogP contribution in [-0.4, -0.2) is 36.2 Å². The third-order valence-corrected chi connectivity index (χ3v) is 8.26. The van der Waals surface area contributed by atoms with E-state index in [0.29, 0.717) is 22.6 Å². The fourth-order valence-corrected chi connectivity index (χ4v) is 6.36. The molecule has 3 aromatic rings. The summed E-state index contributed by atoms with van der Waals surface area (Å²) in [5, 5.41) is 6.18. The minimum atomic E-state index is -1.44. The van der Waals surface area contributed by atoms with Gasteiger partial charge in [-0.05, 0) is 56.3 Å². The quantitative estimate of drug-likeness (QED) is 0.464. The van der Waals surface area contributed by atoms with Gasteiger partial charge in [-0.3, -0.25) is 24.5 Å². The molecule has 9 heteroatoms. The Morgan fingerprint density at radius 3 is 2.37 bits per heavy atom. The molecule has 3 aromatic carbocycles. The molecule has 0 saturated carbocycles. The first kappa shape index (κ1) is 24.5. The van der Waals surface area contributed by atoms with E-state index in [-0.39, 0.29) is 18.4 Å². The zero-order valence-electron chi connectivity index (χ0n) is 20.8. The van der Waals surface area contributed by atoms with Gasteiger partial charge in [0, 0.05) is 27.5 Å². The van der Waals surface area contributed by atoms with Crippen molar-refractivity contribution in [3.63, 3.8) is 0 Å². The summed E-state index contributed by atoms with van der Waals surface area (Å²) < 4.78 is 0.825. The van der Waals surface area contributed by atoms with E-state index in [0.717, 1.165) is 10.0 Å². The number of amides is 4. The lowest BCUT2D eigenvalue weighted by atomic mass is 9.76. The molecule has 1 spiro atoms. The Labute approximate surface area is 228 Å². The highest BCUT2D eigenvalue weighted by Crippen LogP contribution is 2.55. The molecule has 8 nitrogen and oxygen atoms in total. The minimum Gasteiger partial charge on any atom is -0.325 e. The third kappa shape index (κ3) is 3.53. The lowest BCUT2D eigenvalue weighted by Crippen LogP contribution is -2.55. The van der Waals surface area contributed by atoms with Crippen LogP contribution in [0.15, 0.2) is 77.3 Å². The van der Waals surface area contributed by atoms with Crippen LogP contribution >= 0.6 is 15.9 Å². The highest BCUT2D eigenvalue weighted by molar-refractivity contribution is 9.10. The maximum atomic E-state index is 14.2. The van der Waals surface area contributed by atoms with E-state index in [2.05, 4.69) is 26.6 Å². The van der Waals surface area contributed by atoms with Gasteiger partial charge < -0.3 is 10.2 Å². The summed E-state index contributed by atoms with van der Waals surface area (Å²) in [4.78, 5) is 57.4. The van der Waals surface area contributed by atoms with Crippen LogP contribution in [0.4, 0.5) is 17.1 Å². The molecule has 0 bridgehead atoms. The van der Waals surface area contributed by atoms with E-state index in [4.69, 9.17) is 0 Å². The number of rotatable bonds is 4. The number of para-hydroxylation sites is 1. The standard InChI is InChI=1S/C29H25BrN4O4/c1-16-7-11-19(12-8-16)31-23(35)15-33-22-6-4-3-5-21(22)29(28(33)38)25-24(17(2)32-29)26(36)34(27(25)37)20-13-9-18(30)10-14-20/h3-14,17,24-25,32H,15H2,1-2H3,(H,31,35)/t17-,24+,25-,29+/m1/s1. The molecule has 4 amide bonds. The first-order valence-electron chi connectivity index (χ1n) is 12.4. The van der Waals surface area contributed by atoms with Gasteiger partial charge in [-0.1, -0.05) is 51.8 Å². The molecule has 2 fully saturated rings. The molecule has 0 radical (unpaired) electrons. The molecule has 0 aromatic heterocycles. The average molecular weight is 573 g/mol. The second-order valence-corrected chi connectivity index (χ2v) is 11.0. The molecule has 0 aliphatic carbocycles. The number of fused-ring (bicyclic) bond motifs is 4. The predicted molar refractivity (Wildman–Crippen MR) is 146 cm³/mol. The number of carbonyl (C=O) groups is 4. The molecular weight excluding hydrogens is 548 g/mol. The number of nitrogens with one attached hydrogen (secondary N) is 2. The Kier molecular flexibility index (Phi) is 5.73. The van der Waals surface area contributed by atoms with Gasteiger partial charge in [-0.15, -0.1) is 0 Å². The van der Waals surface area contributed by atoms with Gasteiger partial charge >= 0.3 is 0 Å². The Bertz CT molecular complexity index is 1490. The van der Waals surface area contributed by atoms with Gasteiger partial charge in [-0.25, -0.2) is 4.90 Å². The summed E-state index contributed by atoms with van der Waals surface area (Å²) in [6.45, 7) is 3.56. The number of imide groups is 1. The SMILES string of the molecule is Cc1ccc(NC(=O)CN2C(=O)[C@]3(N[C@H](C)[C@@H]4C(=O)N(c5ccc(Br)cc5)C(=O)[C@@H]43)c3ccccc32)cc1. The second-order valence-electron chi connectivity index (χ2n) is 10.1. The van der Waals surface area contributed by atoms with E-state index in [1.165, 1.54) is 9.80 Å². The van der Waals surface area contributed by atoms with Crippen LogP contribution in [0.3, 0.4) is 0 Å². The van der Waals surface area contributed by atoms with Crippen molar-refractivity contribution in [2.24, 2.45) is 11.8 Å². The van der Waals surface area contributed by atoms with Gasteiger partial charge in [0.25, 0.3) is 5.91 Å². The number of benzene rings is 3. The van der Waals surface area contributed by atoms with Crippen molar-refractivity contribution in [1.82, 2.24) is 5.32 Å². The van der Waals surface area contributed by atoms with E-state index >= 15 is 0 Å². The van der Waals surface area contributed by atoms with Crippen LogP contribution in [0.25, 0.3) is 0 Å². The lowest BCUT2D eigenvalue weighted by molar-refractivity contribution is -0.132. The molecule has 3 aliphatic heterocycles. The Balaban J connectivity index is 1.36. The van der Waals surface area contributed by atoms with Crippen molar-refractivity contribution in [1.29, 1.82) is 0 Å². The largest absolute Gasteiger partial charge is 0.325 e. The number of carbonyl (C=O) groups excluding carboxylic acids is 4. The summed E-state index contributed by atoms with van der Waals surface area (Å²) in [5.41, 5.74) is 1.88. The Morgan fingerprint density at radius 1 is 0.974 bits per heavy atom. The maximum absolute atomic E-state index is 14.2. The molecule has 2 saturated heterocycles. The van der Waals surface area contributed by atoms with Crippen LogP contribution in [0.1, 0.15) is 18.1 Å². The minimum absolute atomic E-state index is 0.225. The summed E-state index contributed by atoms with van der Waals surface area (Å²) in [7, 11) is 0. The topological polar surface area (TPSA) is 98.8 Å². The van der Waals surface area contributed by atoms with Crippen LogP contribution in [0, 0.1) is 18.8 Å². The van der Waals surface area contributed by atoms with E-state index in [1.54, 1.807) is 60.7 Å². The van der Waals surface area contributed by atoms with Crippen molar-refractivity contribution in [2.75, 3.05) is 21.7 Å². The smallest absolute Gasteiger partial charge is 0.253 e. The van der Waals surface area contributed by atoms with Crippen molar-refractivity contribution >= 4 is 56.6 Å². The van der Waals surface area contributed by atoms with Crippen LogP contribution in [-0.2, 0) is 24.7 Å². The number of anilines is 3. The number of hydrogen-bond donors (Lipinski definition) is 2. The van der Waals surface area contributed by atoms with Crippen molar-refractivity contribution in [3.8, 4) is 0 Å². The van der Waals surface area contributed by atoms with E-state index in [1.807, 2.05) is 26.0 Å². The van der Waals surface area contributed by atoms with E-state index < -0.39 is 35.2 Å². The number of halogens is 1. The van der Waals surface area contributed by atoms with Crippen LogP contribution in [0.5, 0.6) is 0 Å². The molecule has 3 heterocycles. The normalized spacial score (nSPS) is 25.8. The first-order valence-corrected chi connectivity index (χ1v) is 13.2. The van der Waals surface area contributed by atoms with Crippen molar-refractivity contribution in [3.05, 3.63) is 88.4 Å². The number of aryl methyl sites for hydroxylation is 1. The van der Waals surface area contributed by atoms with Crippen LogP contribution in [0.2, 0.25) is 0 Å². The molecule has 3 aliphatic rings. The monoisotopic (exact) mass is 572 g/mol. The van der Waals surface area contributed by atoms with Crippen molar-refractivity contribution in [2.45, 2.75) is 25.4 Å². The summed E-state index contributed by atoms with van der Waals surface area (Å²) in [6, 6.07) is 21.1. The van der Waals surface area contributed by atoms with Gasteiger partial charge in [0.15, 0.2) is 0 Å². The highest BCUT2D eigenvalue weighted by atomic mass is 79.9. The van der Waals surface area contributed by atoms with Crippen molar-refractivity contribution < 1.29 is 19.2 Å². The van der Waals surface area contributed by atoms with Gasteiger partial charge in [-0.2, -0.15) is 0 Å². The van der Waals surface area contributed by atoms with Gasteiger partial charge in [0.2, 0.25) is 17.7 Å². The molecule has 38 heavy (non-hydrogen) atoms. The summed E-state index contributed by atoms with van der Waals surface area (Å²) >= 11 is 3.39. The summed E-state index contributed by atoms with van der Waals surface area (Å²) in [5.74, 6) is -3.18. The van der Waals surface area contributed by atoms with E-state index in [9.17, 15) is 19.2 Å². The van der Waals surface area contributed by atoms with Gasteiger partial charge in [0.1, 0.15) is 12.1 Å². The lowest BCUT2D eigenvalue weighted by Gasteiger charge is -2.30. The fourth-order valence-electron chi connectivity index (χ4n) is 6.09. The van der Waals surface area contributed by atoms with Gasteiger partial charge in [0.05, 0.1) is 17.5 Å². The number of nitrogens with zero attached hydrogens (tertiary/aromatic N) is 2. The Hall–Kier alpha value is -3.82. The molecule has 4 atom stereocenters.